The summed E-state index contributed by atoms with van der Waals surface area (Å²) < 4.78 is 3.72. The normalized spacial score (nSPS) is 12.0. The summed E-state index contributed by atoms with van der Waals surface area (Å²) in [6.07, 6.45) is 1.38. The third-order valence-electron chi connectivity index (χ3n) is 5.35. The Hall–Kier alpha value is -4.27. The first-order valence-corrected chi connectivity index (χ1v) is 9.89. The van der Waals surface area contributed by atoms with E-state index in [2.05, 4.69) is 10.3 Å². The van der Waals surface area contributed by atoms with Crippen molar-refractivity contribution in [3.05, 3.63) is 92.9 Å². The number of hydrogen-bond donors (Lipinski definition) is 1. The Morgan fingerprint density at radius 3 is 2.38 bits per heavy atom. The van der Waals surface area contributed by atoms with Crippen molar-refractivity contribution >= 4 is 28.5 Å². The molecule has 2 aromatic heterocycles. The van der Waals surface area contributed by atoms with Crippen molar-refractivity contribution in [2.75, 3.05) is 5.32 Å². The zero-order chi connectivity index (χ0) is 23.0. The van der Waals surface area contributed by atoms with Crippen LogP contribution in [0.15, 0.2) is 70.5 Å². The molecule has 0 aliphatic carbocycles. The van der Waals surface area contributed by atoms with Crippen molar-refractivity contribution in [3.8, 4) is 0 Å². The Kier molecular flexibility index (Phi) is 5.31. The van der Waals surface area contributed by atoms with Crippen LogP contribution >= 0.6 is 0 Å². The van der Waals surface area contributed by atoms with Crippen molar-refractivity contribution in [3.63, 3.8) is 0 Å². The van der Waals surface area contributed by atoms with Crippen molar-refractivity contribution in [1.82, 2.24) is 18.7 Å². The number of benzene rings is 2. The largest absolute Gasteiger partial charge is 0.332 e. The molecule has 32 heavy (non-hydrogen) atoms. The van der Waals surface area contributed by atoms with Crippen LogP contribution < -0.4 is 16.6 Å². The van der Waals surface area contributed by atoms with E-state index in [4.69, 9.17) is 0 Å². The zero-order valence-electron chi connectivity index (χ0n) is 17.8. The fourth-order valence-corrected chi connectivity index (χ4v) is 3.66. The van der Waals surface area contributed by atoms with E-state index in [1.54, 1.807) is 48.5 Å². The number of rotatable bonds is 5. The Labute approximate surface area is 182 Å². The molecule has 2 aromatic carbocycles. The number of ketones is 1. The molecule has 0 fully saturated rings. The highest BCUT2D eigenvalue weighted by Gasteiger charge is 2.27. The number of nitrogens with one attached hydrogen (secondary N) is 1. The first-order valence-electron chi connectivity index (χ1n) is 9.89. The smallest absolute Gasteiger partial charge is 0.324 e. The topological polar surface area (TPSA) is 108 Å². The lowest BCUT2D eigenvalue weighted by atomic mass is 10.1. The third kappa shape index (κ3) is 3.53. The summed E-state index contributed by atoms with van der Waals surface area (Å²) in [6.45, 7) is 1.45. The number of hydrogen-bond acceptors (Lipinski definition) is 5. The molecule has 9 heteroatoms. The molecule has 0 radical (unpaired) electrons. The monoisotopic (exact) mass is 431 g/mol. The first-order chi connectivity index (χ1) is 15.3. The minimum absolute atomic E-state index is 0.120. The number of carbonyl (C=O) groups excluding carboxylic acids is 2. The first kappa shape index (κ1) is 21.0. The summed E-state index contributed by atoms with van der Waals surface area (Å²) in [5.74, 6) is -0.544. The molecule has 0 unspecified atom stereocenters. The second-order valence-corrected chi connectivity index (χ2v) is 7.47. The van der Waals surface area contributed by atoms with Gasteiger partial charge < -0.3 is 9.88 Å². The van der Waals surface area contributed by atoms with Crippen LogP contribution in [0.4, 0.5) is 5.69 Å². The Morgan fingerprint density at radius 1 is 0.969 bits per heavy atom. The highest BCUT2D eigenvalue weighted by Crippen LogP contribution is 2.24. The average Bonchev–Trinajstić information content (AvgIpc) is 3.22. The number of nitrogens with zero attached hydrogens (tertiary/aromatic N) is 4. The van der Waals surface area contributed by atoms with Crippen LogP contribution in [0.1, 0.15) is 28.9 Å². The van der Waals surface area contributed by atoms with E-state index in [0.29, 0.717) is 16.8 Å². The predicted octanol–water partition coefficient (Wildman–Crippen LogP) is 1.86. The maximum absolute atomic E-state index is 13.5. The van der Waals surface area contributed by atoms with Crippen molar-refractivity contribution in [2.45, 2.75) is 13.0 Å². The molecule has 0 aliphatic rings. The number of fused-ring (bicyclic) bond motifs is 1. The molecule has 1 amide bonds. The van der Waals surface area contributed by atoms with Gasteiger partial charge in [-0.1, -0.05) is 42.5 Å². The van der Waals surface area contributed by atoms with Crippen LogP contribution in [0.2, 0.25) is 0 Å². The van der Waals surface area contributed by atoms with Crippen LogP contribution in [0, 0.1) is 0 Å². The van der Waals surface area contributed by atoms with Crippen molar-refractivity contribution in [2.24, 2.45) is 14.1 Å². The highest BCUT2D eigenvalue weighted by molar-refractivity contribution is 5.99. The molecule has 2 heterocycles. The van der Waals surface area contributed by atoms with E-state index in [1.165, 1.54) is 36.5 Å². The summed E-state index contributed by atoms with van der Waals surface area (Å²) in [4.78, 5) is 54.6. The van der Waals surface area contributed by atoms with E-state index in [9.17, 15) is 19.2 Å². The zero-order valence-corrected chi connectivity index (χ0v) is 17.8. The van der Waals surface area contributed by atoms with Gasteiger partial charge in [-0.3, -0.25) is 23.5 Å². The van der Waals surface area contributed by atoms with Gasteiger partial charge in [-0.05, 0) is 24.6 Å². The number of Topliss-reactive ketones (excluding diaryl/α,β-unsaturated/α-hetero) is 1. The van der Waals surface area contributed by atoms with E-state index in [0.717, 1.165) is 4.57 Å². The van der Waals surface area contributed by atoms with E-state index >= 15 is 0 Å². The summed E-state index contributed by atoms with van der Waals surface area (Å²) in [5, 5.41) is 2.83. The van der Waals surface area contributed by atoms with Gasteiger partial charge in [0.15, 0.2) is 16.9 Å². The minimum Gasteiger partial charge on any atom is -0.324 e. The lowest BCUT2D eigenvalue weighted by molar-refractivity contribution is -0.118. The van der Waals surface area contributed by atoms with Gasteiger partial charge in [0.25, 0.3) is 11.5 Å². The molecular formula is C23H21N5O4. The molecule has 1 N–H and O–H groups in total. The number of imidazole rings is 1. The minimum atomic E-state index is -0.938. The molecule has 4 rings (SSSR count). The second kappa shape index (κ2) is 8.10. The van der Waals surface area contributed by atoms with Gasteiger partial charge in [-0.15, -0.1) is 0 Å². The highest BCUT2D eigenvalue weighted by atomic mass is 16.2. The molecule has 1 atom stereocenters. The van der Waals surface area contributed by atoms with Gasteiger partial charge in [-0.2, -0.15) is 0 Å². The number of amides is 1. The summed E-state index contributed by atoms with van der Waals surface area (Å²) in [7, 11) is 2.90. The van der Waals surface area contributed by atoms with Crippen LogP contribution in [-0.2, 0) is 18.9 Å². The van der Waals surface area contributed by atoms with Gasteiger partial charge in [0, 0.05) is 25.3 Å². The van der Waals surface area contributed by atoms with Crippen molar-refractivity contribution in [1.29, 1.82) is 0 Å². The second-order valence-electron chi connectivity index (χ2n) is 7.47. The third-order valence-corrected chi connectivity index (χ3v) is 5.35. The van der Waals surface area contributed by atoms with Crippen molar-refractivity contribution < 1.29 is 9.59 Å². The van der Waals surface area contributed by atoms with E-state index < -0.39 is 23.2 Å². The molecule has 0 saturated heterocycles. The standard InChI is InChI=1S/C23H21N5O4/c1-14(29)16-10-7-11-17(12-16)25-21(30)18(15-8-5-4-6-9-15)28-13-24-20-19(28)22(31)27(3)23(32)26(20)2/h4-13,18H,1-3H3,(H,25,30)/t18-/m1/s1. The van der Waals surface area contributed by atoms with Crippen LogP contribution in [0.3, 0.4) is 0 Å². The Balaban J connectivity index is 1.88. The van der Waals surface area contributed by atoms with Gasteiger partial charge in [0.2, 0.25) is 0 Å². The molecule has 0 spiro atoms. The Bertz CT molecular complexity index is 1460. The summed E-state index contributed by atoms with van der Waals surface area (Å²) in [5.41, 5.74) is 0.816. The fraction of sp³-hybridized carbons (Fsp3) is 0.174. The van der Waals surface area contributed by atoms with E-state index in [1.807, 2.05) is 6.07 Å². The number of anilines is 1. The predicted molar refractivity (Wildman–Crippen MR) is 120 cm³/mol. The SMILES string of the molecule is CC(=O)c1cccc(NC(=O)[C@@H](c2ccccc2)n2cnc3c2c(=O)n(C)c(=O)n3C)c1. The summed E-state index contributed by atoms with van der Waals surface area (Å²) >= 11 is 0. The van der Waals surface area contributed by atoms with Gasteiger partial charge in [0.1, 0.15) is 6.04 Å². The van der Waals surface area contributed by atoms with Crippen LogP contribution in [0.25, 0.3) is 11.2 Å². The molecule has 0 aliphatic heterocycles. The summed E-state index contributed by atoms with van der Waals surface area (Å²) in [6, 6.07) is 14.6. The molecule has 0 saturated carbocycles. The molecular weight excluding hydrogens is 410 g/mol. The quantitative estimate of drug-likeness (QED) is 0.486. The van der Waals surface area contributed by atoms with E-state index in [-0.39, 0.29) is 16.9 Å². The maximum Gasteiger partial charge on any atom is 0.332 e. The number of carbonyl (C=O) groups is 2. The molecule has 9 nitrogen and oxygen atoms in total. The molecule has 162 valence electrons. The molecule has 0 bridgehead atoms. The average molecular weight is 431 g/mol. The molecule has 4 aromatic rings. The maximum atomic E-state index is 13.5. The lowest BCUT2D eigenvalue weighted by Crippen LogP contribution is -2.38. The van der Waals surface area contributed by atoms with Gasteiger partial charge in [0.05, 0.1) is 6.33 Å². The number of aryl methyl sites for hydroxylation is 1. The van der Waals surface area contributed by atoms with Crippen LogP contribution in [0.5, 0.6) is 0 Å². The van der Waals surface area contributed by atoms with Gasteiger partial charge in [-0.25, -0.2) is 9.78 Å². The van der Waals surface area contributed by atoms with Crippen LogP contribution in [-0.4, -0.2) is 30.4 Å². The fourth-order valence-electron chi connectivity index (χ4n) is 3.66. The lowest BCUT2D eigenvalue weighted by Gasteiger charge is -2.20. The number of aromatic nitrogens is 4. The van der Waals surface area contributed by atoms with Gasteiger partial charge >= 0.3 is 5.69 Å². The Morgan fingerprint density at radius 2 is 1.69 bits per heavy atom.